The standard InChI is InChI=1S/C13H19ClN2O2.ClH/c1-9(12(17)16-13(2,3)8-15)18-11-6-4-5-10(14)7-11;/h4-7,9H,8,15H2,1-3H3,(H,16,17);1H. The zero-order valence-corrected chi connectivity index (χ0v) is 12.8. The SMILES string of the molecule is CC(Oc1cccc(Cl)c1)C(=O)NC(C)(C)CN.Cl. The first-order valence-electron chi connectivity index (χ1n) is 5.78. The molecular weight excluding hydrogens is 287 g/mol. The zero-order chi connectivity index (χ0) is 13.8. The second kappa shape index (κ2) is 7.58. The first-order valence-corrected chi connectivity index (χ1v) is 6.16. The van der Waals surface area contributed by atoms with Crippen LogP contribution in [0.3, 0.4) is 0 Å². The summed E-state index contributed by atoms with van der Waals surface area (Å²) >= 11 is 5.84. The Bertz CT molecular complexity index is 425. The summed E-state index contributed by atoms with van der Waals surface area (Å²) in [5, 5.41) is 3.39. The highest BCUT2D eigenvalue weighted by Gasteiger charge is 2.23. The summed E-state index contributed by atoms with van der Waals surface area (Å²) in [5.74, 6) is 0.362. The lowest BCUT2D eigenvalue weighted by Crippen LogP contribution is -2.52. The van der Waals surface area contributed by atoms with Gasteiger partial charge in [-0.25, -0.2) is 0 Å². The van der Waals surface area contributed by atoms with E-state index in [2.05, 4.69) is 5.32 Å². The highest BCUT2D eigenvalue weighted by Crippen LogP contribution is 2.18. The van der Waals surface area contributed by atoms with Crippen molar-refractivity contribution in [1.29, 1.82) is 0 Å². The molecule has 1 unspecified atom stereocenters. The van der Waals surface area contributed by atoms with Gasteiger partial charge in [0.15, 0.2) is 6.10 Å². The molecule has 3 N–H and O–H groups in total. The third-order valence-electron chi connectivity index (χ3n) is 2.45. The number of nitrogens with one attached hydrogen (secondary N) is 1. The molecular formula is C13H20Cl2N2O2. The van der Waals surface area contributed by atoms with Crippen LogP contribution in [0.15, 0.2) is 24.3 Å². The molecule has 0 aliphatic carbocycles. The first kappa shape index (κ1) is 18.0. The average Bonchev–Trinajstić information content (AvgIpc) is 2.28. The highest BCUT2D eigenvalue weighted by atomic mass is 35.5. The predicted octanol–water partition coefficient (Wildman–Crippen LogP) is 2.38. The van der Waals surface area contributed by atoms with E-state index >= 15 is 0 Å². The van der Waals surface area contributed by atoms with Crippen molar-refractivity contribution in [3.05, 3.63) is 29.3 Å². The Morgan fingerprint density at radius 3 is 2.68 bits per heavy atom. The molecule has 0 fully saturated rings. The van der Waals surface area contributed by atoms with Crippen LogP contribution in [0.5, 0.6) is 5.75 Å². The van der Waals surface area contributed by atoms with Gasteiger partial charge in [-0.3, -0.25) is 4.79 Å². The minimum absolute atomic E-state index is 0. The number of benzene rings is 1. The molecule has 19 heavy (non-hydrogen) atoms. The lowest BCUT2D eigenvalue weighted by Gasteiger charge is -2.26. The quantitative estimate of drug-likeness (QED) is 0.878. The van der Waals surface area contributed by atoms with E-state index < -0.39 is 11.6 Å². The molecule has 1 aromatic carbocycles. The van der Waals surface area contributed by atoms with E-state index in [4.69, 9.17) is 22.1 Å². The molecule has 0 radical (unpaired) electrons. The first-order chi connectivity index (χ1) is 8.34. The maximum Gasteiger partial charge on any atom is 0.261 e. The van der Waals surface area contributed by atoms with Crippen molar-refractivity contribution in [2.75, 3.05) is 6.54 Å². The van der Waals surface area contributed by atoms with E-state index in [1.165, 1.54) is 0 Å². The summed E-state index contributed by atoms with van der Waals surface area (Å²) < 4.78 is 5.51. The fourth-order valence-electron chi connectivity index (χ4n) is 1.28. The van der Waals surface area contributed by atoms with Crippen molar-refractivity contribution < 1.29 is 9.53 Å². The molecule has 0 aliphatic heterocycles. The third-order valence-corrected chi connectivity index (χ3v) is 2.69. The number of halogens is 2. The Balaban J connectivity index is 0.00000324. The molecule has 6 heteroatoms. The van der Waals surface area contributed by atoms with Crippen molar-refractivity contribution in [1.82, 2.24) is 5.32 Å². The molecule has 0 saturated heterocycles. The van der Waals surface area contributed by atoms with Crippen LogP contribution in [-0.4, -0.2) is 24.1 Å². The number of amides is 1. The van der Waals surface area contributed by atoms with Crippen LogP contribution in [-0.2, 0) is 4.79 Å². The van der Waals surface area contributed by atoms with E-state index in [0.717, 1.165) is 0 Å². The van der Waals surface area contributed by atoms with Gasteiger partial charge in [-0.2, -0.15) is 0 Å². The molecule has 0 aromatic heterocycles. The summed E-state index contributed by atoms with van der Waals surface area (Å²) in [6.07, 6.45) is -0.603. The lowest BCUT2D eigenvalue weighted by atomic mass is 10.1. The maximum atomic E-state index is 11.9. The molecule has 0 aliphatic rings. The average molecular weight is 307 g/mol. The van der Waals surface area contributed by atoms with Crippen LogP contribution in [0, 0.1) is 0 Å². The van der Waals surface area contributed by atoms with Gasteiger partial charge in [0.1, 0.15) is 5.75 Å². The van der Waals surface area contributed by atoms with Crippen LogP contribution >= 0.6 is 24.0 Å². The van der Waals surface area contributed by atoms with Crippen molar-refractivity contribution >= 4 is 29.9 Å². The van der Waals surface area contributed by atoms with Gasteiger partial charge in [0.25, 0.3) is 5.91 Å². The summed E-state index contributed by atoms with van der Waals surface area (Å²) in [6.45, 7) is 5.76. The van der Waals surface area contributed by atoms with Gasteiger partial charge in [0.2, 0.25) is 0 Å². The van der Waals surface area contributed by atoms with Crippen molar-refractivity contribution in [2.24, 2.45) is 5.73 Å². The van der Waals surface area contributed by atoms with Gasteiger partial charge in [0, 0.05) is 17.1 Å². The Morgan fingerprint density at radius 1 is 1.53 bits per heavy atom. The Labute approximate surface area is 125 Å². The smallest absolute Gasteiger partial charge is 0.261 e. The third kappa shape index (κ3) is 6.14. The minimum atomic E-state index is -0.603. The lowest BCUT2D eigenvalue weighted by molar-refractivity contribution is -0.128. The normalized spacial score (nSPS) is 12.3. The van der Waals surface area contributed by atoms with Crippen LogP contribution in [0.4, 0.5) is 0 Å². The number of hydrogen-bond donors (Lipinski definition) is 2. The van der Waals surface area contributed by atoms with Gasteiger partial charge in [-0.1, -0.05) is 17.7 Å². The highest BCUT2D eigenvalue weighted by molar-refractivity contribution is 6.30. The Hall–Kier alpha value is -0.970. The molecule has 1 aromatic rings. The monoisotopic (exact) mass is 306 g/mol. The van der Waals surface area contributed by atoms with Gasteiger partial charge in [-0.15, -0.1) is 12.4 Å². The molecule has 0 saturated carbocycles. The van der Waals surface area contributed by atoms with Gasteiger partial charge in [-0.05, 0) is 39.0 Å². The summed E-state index contributed by atoms with van der Waals surface area (Å²) in [5.41, 5.74) is 5.11. The molecule has 1 rings (SSSR count). The van der Waals surface area contributed by atoms with Gasteiger partial charge >= 0.3 is 0 Å². The maximum absolute atomic E-state index is 11.9. The minimum Gasteiger partial charge on any atom is -0.481 e. The summed E-state index contributed by atoms with van der Waals surface area (Å²) in [7, 11) is 0. The largest absolute Gasteiger partial charge is 0.481 e. The molecule has 0 spiro atoms. The van der Waals surface area contributed by atoms with Gasteiger partial charge < -0.3 is 15.8 Å². The van der Waals surface area contributed by atoms with E-state index in [1.807, 2.05) is 13.8 Å². The summed E-state index contributed by atoms with van der Waals surface area (Å²) in [4.78, 5) is 11.9. The van der Waals surface area contributed by atoms with Crippen LogP contribution in [0.25, 0.3) is 0 Å². The van der Waals surface area contributed by atoms with Crippen LogP contribution in [0.1, 0.15) is 20.8 Å². The van der Waals surface area contributed by atoms with Crippen molar-refractivity contribution in [2.45, 2.75) is 32.4 Å². The number of carbonyl (C=O) groups is 1. The molecule has 1 atom stereocenters. The van der Waals surface area contributed by atoms with Crippen LogP contribution in [0.2, 0.25) is 5.02 Å². The zero-order valence-electron chi connectivity index (χ0n) is 11.3. The van der Waals surface area contributed by atoms with Crippen molar-refractivity contribution in [3.63, 3.8) is 0 Å². The number of nitrogens with two attached hydrogens (primary N) is 1. The topological polar surface area (TPSA) is 64.3 Å². The number of hydrogen-bond acceptors (Lipinski definition) is 3. The number of carbonyl (C=O) groups excluding carboxylic acids is 1. The molecule has 4 nitrogen and oxygen atoms in total. The van der Waals surface area contributed by atoms with Crippen LogP contribution < -0.4 is 15.8 Å². The molecule has 108 valence electrons. The Kier molecular flexibility index (Phi) is 7.19. The fourth-order valence-corrected chi connectivity index (χ4v) is 1.46. The van der Waals surface area contributed by atoms with E-state index in [0.29, 0.717) is 17.3 Å². The number of ether oxygens (including phenoxy) is 1. The predicted molar refractivity (Wildman–Crippen MR) is 80.1 cm³/mol. The Morgan fingerprint density at radius 2 is 2.16 bits per heavy atom. The molecule has 1 amide bonds. The molecule has 0 bridgehead atoms. The van der Waals surface area contributed by atoms with Crippen molar-refractivity contribution in [3.8, 4) is 5.75 Å². The second-order valence-electron chi connectivity index (χ2n) is 4.79. The van der Waals surface area contributed by atoms with E-state index in [-0.39, 0.29) is 18.3 Å². The van der Waals surface area contributed by atoms with E-state index in [9.17, 15) is 4.79 Å². The molecule has 0 heterocycles. The fraction of sp³-hybridized carbons (Fsp3) is 0.462. The summed E-state index contributed by atoms with van der Waals surface area (Å²) in [6, 6.07) is 6.94. The van der Waals surface area contributed by atoms with E-state index in [1.54, 1.807) is 31.2 Å². The number of rotatable bonds is 5. The van der Waals surface area contributed by atoms with Gasteiger partial charge in [0.05, 0.1) is 0 Å². The second-order valence-corrected chi connectivity index (χ2v) is 5.23.